The van der Waals surface area contributed by atoms with Crippen LogP contribution in [0.5, 0.6) is 0 Å². The van der Waals surface area contributed by atoms with Gasteiger partial charge in [-0.25, -0.2) is 22.3 Å². The Bertz CT molecular complexity index is 601. The average Bonchev–Trinajstić information content (AvgIpc) is 2.29. The van der Waals surface area contributed by atoms with Crippen molar-refractivity contribution in [3.05, 3.63) is 28.5 Å². The zero-order valence-corrected chi connectivity index (χ0v) is 11.8. The lowest BCUT2D eigenvalue weighted by molar-refractivity contribution is 0.0696. The molecule has 0 aliphatic carbocycles. The molecule has 0 saturated heterocycles. The second-order valence-electron chi connectivity index (χ2n) is 4.32. The molecule has 106 valence electrons. The van der Waals surface area contributed by atoms with E-state index in [0.29, 0.717) is 6.07 Å². The van der Waals surface area contributed by atoms with Crippen LogP contribution in [0.1, 0.15) is 24.2 Å². The Morgan fingerprint density at radius 3 is 2.53 bits per heavy atom. The van der Waals surface area contributed by atoms with Crippen molar-refractivity contribution in [2.24, 2.45) is 5.92 Å². The number of carbonyl (C=O) groups is 1. The van der Waals surface area contributed by atoms with Crippen LogP contribution in [0.3, 0.4) is 0 Å². The van der Waals surface area contributed by atoms with Crippen LogP contribution in [-0.4, -0.2) is 26.0 Å². The van der Waals surface area contributed by atoms with Crippen molar-refractivity contribution in [3.63, 3.8) is 0 Å². The lowest BCUT2D eigenvalue weighted by Crippen LogP contribution is -2.27. The molecule has 0 aromatic heterocycles. The van der Waals surface area contributed by atoms with Crippen molar-refractivity contribution < 1.29 is 22.7 Å². The number of carboxylic acid groups (broad SMARTS) is 1. The number of carboxylic acids is 1. The zero-order valence-electron chi connectivity index (χ0n) is 10.3. The second-order valence-corrected chi connectivity index (χ2v) is 6.46. The van der Waals surface area contributed by atoms with Crippen molar-refractivity contribution in [2.75, 3.05) is 6.54 Å². The van der Waals surface area contributed by atoms with Gasteiger partial charge in [0.15, 0.2) is 0 Å². The lowest BCUT2D eigenvalue weighted by atomic mass is 10.2. The molecule has 0 saturated carbocycles. The Balaban J connectivity index is 3.25. The molecule has 1 aromatic carbocycles. The number of halogens is 2. The third-order valence-electron chi connectivity index (χ3n) is 2.22. The minimum Gasteiger partial charge on any atom is -0.478 e. The molecule has 2 N–H and O–H groups in total. The fraction of sp³-hybridized carbons (Fsp3) is 0.364. The molecule has 0 unspecified atom stereocenters. The summed E-state index contributed by atoms with van der Waals surface area (Å²) < 4.78 is 39.4. The number of aromatic carboxylic acids is 1. The van der Waals surface area contributed by atoms with Gasteiger partial charge in [-0.1, -0.05) is 25.4 Å². The third-order valence-corrected chi connectivity index (χ3v) is 4.01. The Labute approximate surface area is 115 Å². The van der Waals surface area contributed by atoms with Gasteiger partial charge in [0.05, 0.1) is 15.5 Å². The first-order chi connectivity index (χ1) is 8.65. The summed E-state index contributed by atoms with van der Waals surface area (Å²) in [6.07, 6.45) is 0. The van der Waals surface area contributed by atoms with Crippen LogP contribution in [0.25, 0.3) is 0 Å². The van der Waals surface area contributed by atoms with Crippen LogP contribution in [0, 0.1) is 11.7 Å². The van der Waals surface area contributed by atoms with Gasteiger partial charge in [0.25, 0.3) is 0 Å². The van der Waals surface area contributed by atoms with Crippen LogP contribution in [0.4, 0.5) is 4.39 Å². The third kappa shape index (κ3) is 3.89. The van der Waals surface area contributed by atoms with Gasteiger partial charge in [-0.05, 0) is 18.1 Å². The molecule has 8 heteroatoms. The van der Waals surface area contributed by atoms with Gasteiger partial charge in [0, 0.05) is 6.54 Å². The molecule has 19 heavy (non-hydrogen) atoms. The average molecular weight is 310 g/mol. The molecule has 0 fully saturated rings. The Morgan fingerprint density at radius 2 is 2.05 bits per heavy atom. The predicted octanol–water partition coefficient (Wildman–Crippen LogP) is 2.11. The van der Waals surface area contributed by atoms with E-state index in [2.05, 4.69) is 4.72 Å². The van der Waals surface area contributed by atoms with Gasteiger partial charge in [-0.2, -0.15) is 0 Å². The van der Waals surface area contributed by atoms with E-state index in [-0.39, 0.29) is 12.5 Å². The highest BCUT2D eigenvalue weighted by molar-refractivity contribution is 7.89. The Kier molecular flexibility index (Phi) is 4.89. The van der Waals surface area contributed by atoms with Gasteiger partial charge in [0.1, 0.15) is 5.82 Å². The van der Waals surface area contributed by atoms with E-state index in [9.17, 15) is 17.6 Å². The smallest absolute Gasteiger partial charge is 0.337 e. The molecule has 0 bridgehead atoms. The second kappa shape index (κ2) is 5.85. The van der Waals surface area contributed by atoms with Crippen LogP contribution in [0.2, 0.25) is 5.02 Å². The Morgan fingerprint density at radius 1 is 1.47 bits per heavy atom. The number of hydrogen-bond acceptors (Lipinski definition) is 3. The standard InChI is InChI=1S/C11H13ClFNO4S/c1-6(2)5-14-19(17,18)7-3-8(11(15)16)10(12)9(13)4-7/h3-4,6,14H,5H2,1-2H3,(H,15,16). The molecule has 0 heterocycles. The highest BCUT2D eigenvalue weighted by Crippen LogP contribution is 2.24. The summed E-state index contributed by atoms with van der Waals surface area (Å²) in [5.74, 6) is -2.53. The summed E-state index contributed by atoms with van der Waals surface area (Å²) in [6.45, 7) is 3.76. The molecule has 0 aliphatic heterocycles. The van der Waals surface area contributed by atoms with E-state index in [1.54, 1.807) is 13.8 Å². The summed E-state index contributed by atoms with van der Waals surface area (Å²) in [7, 11) is -3.96. The molecule has 0 atom stereocenters. The van der Waals surface area contributed by atoms with Gasteiger partial charge in [-0.3, -0.25) is 0 Å². The summed E-state index contributed by atoms with van der Waals surface area (Å²) >= 11 is 5.47. The molecule has 0 aliphatic rings. The monoisotopic (exact) mass is 309 g/mol. The fourth-order valence-electron chi connectivity index (χ4n) is 1.23. The van der Waals surface area contributed by atoms with Crippen LogP contribution >= 0.6 is 11.6 Å². The molecule has 1 aromatic rings. The van der Waals surface area contributed by atoms with Crippen molar-refractivity contribution in [1.29, 1.82) is 0 Å². The maximum atomic E-state index is 13.4. The first kappa shape index (κ1) is 15.9. The largest absolute Gasteiger partial charge is 0.478 e. The number of benzene rings is 1. The van der Waals surface area contributed by atoms with Crippen molar-refractivity contribution >= 4 is 27.6 Å². The van der Waals surface area contributed by atoms with E-state index in [4.69, 9.17) is 16.7 Å². The minimum atomic E-state index is -3.96. The van der Waals surface area contributed by atoms with E-state index < -0.39 is 37.3 Å². The van der Waals surface area contributed by atoms with E-state index in [1.165, 1.54) is 0 Å². The first-order valence-corrected chi connectivity index (χ1v) is 7.23. The molecule has 5 nitrogen and oxygen atoms in total. The highest BCUT2D eigenvalue weighted by Gasteiger charge is 2.21. The molecule has 0 radical (unpaired) electrons. The van der Waals surface area contributed by atoms with Gasteiger partial charge >= 0.3 is 5.97 Å². The number of nitrogens with one attached hydrogen (secondary N) is 1. The molecule has 0 spiro atoms. The van der Waals surface area contributed by atoms with Crippen LogP contribution in [0.15, 0.2) is 17.0 Å². The maximum absolute atomic E-state index is 13.4. The zero-order chi connectivity index (χ0) is 14.8. The quantitative estimate of drug-likeness (QED) is 0.872. The number of sulfonamides is 1. The fourth-order valence-corrected chi connectivity index (χ4v) is 2.68. The number of rotatable bonds is 5. The number of hydrogen-bond donors (Lipinski definition) is 2. The SMILES string of the molecule is CC(C)CNS(=O)(=O)c1cc(F)c(Cl)c(C(=O)O)c1. The normalized spacial score (nSPS) is 11.8. The first-order valence-electron chi connectivity index (χ1n) is 5.37. The van der Waals surface area contributed by atoms with Crippen molar-refractivity contribution in [2.45, 2.75) is 18.7 Å². The molecular formula is C11H13ClFNO4S. The summed E-state index contributed by atoms with van der Waals surface area (Å²) in [5, 5.41) is 8.22. The summed E-state index contributed by atoms with van der Waals surface area (Å²) in [6, 6.07) is 1.52. The highest BCUT2D eigenvalue weighted by atomic mass is 35.5. The van der Waals surface area contributed by atoms with Crippen LogP contribution in [-0.2, 0) is 10.0 Å². The summed E-state index contributed by atoms with van der Waals surface area (Å²) in [4.78, 5) is 10.4. The summed E-state index contributed by atoms with van der Waals surface area (Å²) in [5.41, 5.74) is -0.591. The van der Waals surface area contributed by atoms with Gasteiger partial charge < -0.3 is 5.11 Å². The van der Waals surface area contributed by atoms with Crippen LogP contribution < -0.4 is 4.72 Å². The van der Waals surface area contributed by atoms with E-state index in [1.807, 2.05) is 0 Å². The topological polar surface area (TPSA) is 83.5 Å². The molecule has 1 rings (SSSR count). The van der Waals surface area contributed by atoms with Crippen molar-refractivity contribution in [1.82, 2.24) is 4.72 Å². The molecular weight excluding hydrogens is 297 g/mol. The van der Waals surface area contributed by atoms with Gasteiger partial charge in [-0.15, -0.1) is 0 Å². The lowest BCUT2D eigenvalue weighted by Gasteiger charge is -2.10. The van der Waals surface area contributed by atoms with Crippen molar-refractivity contribution in [3.8, 4) is 0 Å². The molecule has 0 amide bonds. The minimum absolute atomic E-state index is 0.0610. The van der Waals surface area contributed by atoms with E-state index >= 15 is 0 Å². The van der Waals surface area contributed by atoms with E-state index in [0.717, 1.165) is 6.07 Å². The predicted molar refractivity (Wildman–Crippen MR) is 68.4 cm³/mol. The van der Waals surface area contributed by atoms with Gasteiger partial charge in [0.2, 0.25) is 10.0 Å². The Hall–Kier alpha value is -1.18. The maximum Gasteiger partial charge on any atom is 0.337 e.